The van der Waals surface area contributed by atoms with Gasteiger partial charge in [-0.15, -0.1) is 0 Å². The molecular weight excluding hydrogens is 324 g/mol. The predicted octanol–water partition coefficient (Wildman–Crippen LogP) is 2.31. The van der Waals surface area contributed by atoms with Crippen molar-refractivity contribution in [3.05, 3.63) is 76.1 Å². The molecule has 1 heterocycles. The number of anilines is 1. The van der Waals surface area contributed by atoms with E-state index in [9.17, 15) is 13.2 Å². The Morgan fingerprint density at radius 1 is 1.04 bits per heavy atom. The average Bonchev–Trinajstić information content (AvgIpc) is 2.55. The van der Waals surface area contributed by atoms with E-state index >= 15 is 0 Å². The van der Waals surface area contributed by atoms with Gasteiger partial charge in [-0.05, 0) is 42.5 Å². The highest BCUT2D eigenvalue weighted by molar-refractivity contribution is 7.90. The molecule has 3 rings (SSSR count). The molecule has 0 atom stereocenters. The van der Waals surface area contributed by atoms with Gasteiger partial charge in [-0.1, -0.05) is 36.4 Å². The van der Waals surface area contributed by atoms with Crippen molar-refractivity contribution in [1.82, 2.24) is 3.97 Å². The van der Waals surface area contributed by atoms with E-state index in [0.717, 1.165) is 9.54 Å². The van der Waals surface area contributed by atoms with E-state index in [1.807, 2.05) is 30.3 Å². The van der Waals surface area contributed by atoms with Crippen LogP contribution in [0.25, 0.3) is 10.9 Å². The summed E-state index contributed by atoms with van der Waals surface area (Å²) in [6.45, 7) is 1.61. The lowest BCUT2D eigenvalue weighted by atomic mass is 10.1. The maximum atomic E-state index is 12.8. The molecule has 5 nitrogen and oxygen atoms in total. The first-order valence-electron chi connectivity index (χ1n) is 7.57. The molecule has 0 saturated carbocycles. The normalized spacial score (nSPS) is 11.7. The second-order valence-electron chi connectivity index (χ2n) is 5.77. The Bertz CT molecular complexity index is 1050. The first-order valence-corrected chi connectivity index (χ1v) is 9.18. The number of nitrogens with two attached hydrogens (primary N) is 1. The van der Waals surface area contributed by atoms with Gasteiger partial charge < -0.3 is 5.73 Å². The van der Waals surface area contributed by atoms with Gasteiger partial charge in [0, 0.05) is 11.3 Å². The molecule has 0 saturated heterocycles. The quantitative estimate of drug-likeness (QED) is 0.738. The number of aryl methyl sites for hydroxylation is 2. The SMILES string of the molecule is Cc1cc2ccc(N)cc2n(S(=O)(=O)CCc2ccccc2)c1=O. The van der Waals surface area contributed by atoms with Crippen molar-refractivity contribution in [2.75, 3.05) is 11.5 Å². The Hall–Kier alpha value is -2.60. The third kappa shape index (κ3) is 3.05. The summed E-state index contributed by atoms with van der Waals surface area (Å²) in [4.78, 5) is 12.5. The smallest absolute Gasteiger partial charge is 0.267 e. The lowest BCUT2D eigenvalue weighted by Crippen LogP contribution is -2.31. The largest absolute Gasteiger partial charge is 0.399 e. The van der Waals surface area contributed by atoms with Crippen LogP contribution < -0.4 is 11.3 Å². The second-order valence-corrected chi connectivity index (χ2v) is 7.70. The number of pyridine rings is 1. The fraction of sp³-hybridized carbons (Fsp3) is 0.167. The standard InChI is InChI=1S/C18H18N2O3S/c1-13-11-15-7-8-16(19)12-17(15)20(18(13)21)24(22,23)10-9-14-5-3-2-4-6-14/h2-8,11-12H,9-10,19H2,1H3. The fourth-order valence-corrected chi connectivity index (χ4v) is 4.21. The molecule has 6 heteroatoms. The lowest BCUT2D eigenvalue weighted by molar-refractivity contribution is 0.586. The summed E-state index contributed by atoms with van der Waals surface area (Å²) in [6, 6.07) is 15.9. The summed E-state index contributed by atoms with van der Waals surface area (Å²) in [5.74, 6) is -0.149. The van der Waals surface area contributed by atoms with Crippen LogP contribution in [0.3, 0.4) is 0 Å². The zero-order chi connectivity index (χ0) is 17.3. The number of rotatable bonds is 4. The van der Waals surface area contributed by atoms with Gasteiger partial charge in [0.1, 0.15) is 0 Å². The summed E-state index contributed by atoms with van der Waals surface area (Å²) in [7, 11) is -3.81. The Morgan fingerprint density at radius 2 is 1.75 bits per heavy atom. The summed E-state index contributed by atoms with van der Waals surface area (Å²) < 4.78 is 26.5. The first kappa shape index (κ1) is 16.3. The van der Waals surface area contributed by atoms with Crippen molar-refractivity contribution in [1.29, 1.82) is 0 Å². The van der Waals surface area contributed by atoms with Gasteiger partial charge in [-0.25, -0.2) is 12.4 Å². The molecule has 2 aromatic carbocycles. The Labute approximate surface area is 140 Å². The number of benzene rings is 2. The van der Waals surface area contributed by atoms with E-state index in [-0.39, 0.29) is 5.75 Å². The van der Waals surface area contributed by atoms with Crippen LogP contribution in [0.5, 0.6) is 0 Å². The maximum Gasteiger partial charge on any atom is 0.267 e. The highest BCUT2D eigenvalue weighted by Crippen LogP contribution is 2.19. The molecular formula is C18H18N2O3S. The molecule has 24 heavy (non-hydrogen) atoms. The Morgan fingerprint density at radius 3 is 2.46 bits per heavy atom. The molecule has 0 fully saturated rings. The minimum Gasteiger partial charge on any atom is -0.399 e. The molecule has 0 unspecified atom stereocenters. The molecule has 1 aromatic heterocycles. The minimum atomic E-state index is -3.81. The Kier molecular flexibility index (Phi) is 4.15. The number of hydrogen-bond donors (Lipinski definition) is 1. The van der Waals surface area contributed by atoms with Crippen LogP contribution in [0.1, 0.15) is 11.1 Å². The Balaban J connectivity index is 2.11. The van der Waals surface area contributed by atoms with Gasteiger partial charge >= 0.3 is 0 Å². The van der Waals surface area contributed by atoms with Gasteiger partial charge in [-0.2, -0.15) is 0 Å². The van der Waals surface area contributed by atoms with Crippen molar-refractivity contribution in [3.63, 3.8) is 0 Å². The number of nitrogen functional groups attached to an aromatic ring is 1. The van der Waals surface area contributed by atoms with Crippen molar-refractivity contribution >= 4 is 26.6 Å². The van der Waals surface area contributed by atoms with Crippen LogP contribution in [0.15, 0.2) is 59.4 Å². The van der Waals surface area contributed by atoms with Crippen LogP contribution in [-0.4, -0.2) is 18.1 Å². The zero-order valence-corrected chi connectivity index (χ0v) is 14.1. The van der Waals surface area contributed by atoms with Crippen LogP contribution in [0, 0.1) is 6.92 Å². The van der Waals surface area contributed by atoms with Gasteiger partial charge in [0.25, 0.3) is 5.56 Å². The van der Waals surface area contributed by atoms with Crippen LogP contribution in [0.2, 0.25) is 0 Å². The third-order valence-electron chi connectivity index (χ3n) is 3.94. The van der Waals surface area contributed by atoms with Gasteiger partial charge in [-0.3, -0.25) is 4.79 Å². The van der Waals surface area contributed by atoms with E-state index in [1.165, 1.54) is 6.07 Å². The number of aromatic nitrogens is 1. The molecule has 0 aliphatic rings. The highest BCUT2D eigenvalue weighted by atomic mass is 32.2. The summed E-state index contributed by atoms with van der Waals surface area (Å²) in [5.41, 5.74) is 7.28. The predicted molar refractivity (Wildman–Crippen MR) is 96.7 cm³/mol. The molecule has 0 spiro atoms. The molecule has 124 valence electrons. The number of fused-ring (bicyclic) bond motifs is 1. The molecule has 0 aliphatic carbocycles. The molecule has 0 bridgehead atoms. The number of nitrogens with zero attached hydrogens (tertiary/aromatic N) is 1. The fourth-order valence-electron chi connectivity index (χ4n) is 2.68. The third-order valence-corrected chi connectivity index (χ3v) is 5.58. The van der Waals surface area contributed by atoms with Crippen molar-refractivity contribution in [3.8, 4) is 0 Å². The molecule has 0 radical (unpaired) electrons. The van der Waals surface area contributed by atoms with Crippen LogP contribution in [0.4, 0.5) is 5.69 Å². The van der Waals surface area contributed by atoms with Crippen molar-refractivity contribution in [2.24, 2.45) is 0 Å². The molecule has 0 aliphatic heterocycles. The minimum absolute atomic E-state index is 0.149. The summed E-state index contributed by atoms with van der Waals surface area (Å²) in [6.07, 6.45) is 0.341. The van der Waals surface area contributed by atoms with Crippen LogP contribution >= 0.6 is 0 Å². The first-order chi connectivity index (χ1) is 11.4. The van der Waals surface area contributed by atoms with Gasteiger partial charge in [0.05, 0.1) is 11.3 Å². The maximum absolute atomic E-state index is 12.8. The van der Waals surface area contributed by atoms with Crippen molar-refractivity contribution in [2.45, 2.75) is 13.3 Å². The van der Waals surface area contributed by atoms with E-state index in [4.69, 9.17) is 5.73 Å². The lowest BCUT2D eigenvalue weighted by Gasteiger charge is -2.13. The summed E-state index contributed by atoms with van der Waals surface area (Å²) >= 11 is 0. The topological polar surface area (TPSA) is 82.2 Å². The van der Waals surface area contributed by atoms with E-state index < -0.39 is 15.6 Å². The monoisotopic (exact) mass is 342 g/mol. The van der Waals surface area contributed by atoms with E-state index in [1.54, 1.807) is 25.1 Å². The van der Waals surface area contributed by atoms with Gasteiger partial charge in [0.2, 0.25) is 10.0 Å². The van der Waals surface area contributed by atoms with E-state index in [0.29, 0.717) is 28.6 Å². The molecule has 0 amide bonds. The molecule has 2 N–H and O–H groups in total. The summed E-state index contributed by atoms with van der Waals surface area (Å²) in [5, 5.41) is 0.671. The highest BCUT2D eigenvalue weighted by Gasteiger charge is 2.19. The van der Waals surface area contributed by atoms with Crippen LogP contribution in [-0.2, 0) is 16.4 Å². The van der Waals surface area contributed by atoms with Gasteiger partial charge in [0.15, 0.2) is 0 Å². The second kappa shape index (κ2) is 6.13. The number of hydrogen-bond acceptors (Lipinski definition) is 4. The molecule has 3 aromatic rings. The van der Waals surface area contributed by atoms with Crippen molar-refractivity contribution < 1.29 is 8.42 Å². The van der Waals surface area contributed by atoms with E-state index in [2.05, 4.69) is 0 Å². The zero-order valence-electron chi connectivity index (χ0n) is 13.3. The average molecular weight is 342 g/mol.